The molecule has 0 spiro atoms. The van der Waals surface area contributed by atoms with Crippen LogP contribution in [0.3, 0.4) is 0 Å². The monoisotopic (exact) mass is 346 g/mol. The lowest BCUT2D eigenvalue weighted by Gasteiger charge is -2.03. The third-order valence-electron chi connectivity index (χ3n) is 3.81. The molecule has 4 heteroatoms. The Hall–Kier alpha value is -2.10. The van der Waals surface area contributed by atoms with Crippen molar-refractivity contribution in [3.63, 3.8) is 0 Å². The standard InChI is InChI=1S/C21H30O4/c1-3-4-5-6-7-8-9-10-16-24-20(22)14-15-21(23)25-19-13-11-12-18(2)17-19/h11-15,17H,3-10,16H2,1-2H3/b15-14+. The average molecular weight is 346 g/mol. The summed E-state index contributed by atoms with van der Waals surface area (Å²) in [7, 11) is 0. The number of benzene rings is 1. The molecule has 0 atom stereocenters. The average Bonchev–Trinajstić information content (AvgIpc) is 2.58. The van der Waals surface area contributed by atoms with Gasteiger partial charge in [-0.3, -0.25) is 0 Å². The van der Waals surface area contributed by atoms with Gasteiger partial charge in [-0.05, 0) is 31.0 Å². The molecule has 4 nitrogen and oxygen atoms in total. The van der Waals surface area contributed by atoms with Gasteiger partial charge in [0.05, 0.1) is 6.61 Å². The second-order valence-electron chi connectivity index (χ2n) is 6.21. The molecule has 0 saturated heterocycles. The molecule has 138 valence electrons. The molecule has 0 aliphatic carbocycles. The maximum Gasteiger partial charge on any atom is 0.336 e. The van der Waals surface area contributed by atoms with E-state index in [1.807, 2.05) is 13.0 Å². The van der Waals surface area contributed by atoms with Gasteiger partial charge in [0.1, 0.15) is 5.75 Å². The van der Waals surface area contributed by atoms with Gasteiger partial charge in [-0.2, -0.15) is 0 Å². The number of carbonyl (C=O) groups is 2. The van der Waals surface area contributed by atoms with Crippen LogP contribution < -0.4 is 4.74 Å². The topological polar surface area (TPSA) is 52.6 Å². The quantitative estimate of drug-likeness (QED) is 0.227. The Balaban J connectivity index is 2.09. The number of esters is 2. The number of aryl methyl sites for hydroxylation is 1. The maximum atomic E-state index is 11.6. The zero-order chi connectivity index (χ0) is 18.3. The van der Waals surface area contributed by atoms with Crippen molar-refractivity contribution in [3.05, 3.63) is 42.0 Å². The van der Waals surface area contributed by atoms with Crippen molar-refractivity contribution in [2.75, 3.05) is 6.61 Å². The van der Waals surface area contributed by atoms with Crippen LogP contribution in [0.25, 0.3) is 0 Å². The molecular weight excluding hydrogens is 316 g/mol. The highest BCUT2D eigenvalue weighted by Gasteiger charge is 2.03. The van der Waals surface area contributed by atoms with Crippen LogP contribution in [0.2, 0.25) is 0 Å². The summed E-state index contributed by atoms with van der Waals surface area (Å²) in [6.45, 7) is 4.52. The van der Waals surface area contributed by atoms with Crippen molar-refractivity contribution in [3.8, 4) is 5.75 Å². The second-order valence-corrected chi connectivity index (χ2v) is 6.21. The number of hydrogen-bond donors (Lipinski definition) is 0. The lowest BCUT2D eigenvalue weighted by atomic mass is 10.1. The SMILES string of the molecule is CCCCCCCCCCOC(=O)/C=C/C(=O)Oc1cccc(C)c1. The summed E-state index contributed by atoms with van der Waals surface area (Å²) in [6, 6.07) is 7.17. The Bertz CT molecular complexity index is 549. The molecule has 0 bridgehead atoms. The summed E-state index contributed by atoms with van der Waals surface area (Å²) in [5, 5.41) is 0. The van der Waals surface area contributed by atoms with Crippen LogP contribution in [-0.4, -0.2) is 18.5 Å². The summed E-state index contributed by atoms with van der Waals surface area (Å²) in [6.07, 6.45) is 11.8. The van der Waals surface area contributed by atoms with Crippen molar-refractivity contribution >= 4 is 11.9 Å². The van der Waals surface area contributed by atoms with Crippen molar-refractivity contribution in [1.29, 1.82) is 0 Å². The molecule has 0 fully saturated rings. The Morgan fingerprint density at radius 3 is 2.24 bits per heavy atom. The van der Waals surface area contributed by atoms with Crippen LogP contribution in [0.5, 0.6) is 5.75 Å². The Morgan fingerprint density at radius 1 is 0.920 bits per heavy atom. The van der Waals surface area contributed by atoms with Gasteiger partial charge in [-0.1, -0.05) is 64.0 Å². The normalized spacial score (nSPS) is 10.8. The lowest BCUT2D eigenvalue weighted by Crippen LogP contribution is -2.07. The molecular formula is C21H30O4. The number of hydrogen-bond acceptors (Lipinski definition) is 4. The zero-order valence-corrected chi connectivity index (χ0v) is 15.5. The largest absolute Gasteiger partial charge is 0.463 e. The summed E-state index contributed by atoms with van der Waals surface area (Å²) in [4.78, 5) is 23.2. The molecule has 0 unspecified atom stereocenters. The van der Waals surface area contributed by atoms with E-state index in [1.54, 1.807) is 18.2 Å². The summed E-state index contributed by atoms with van der Waals surface area (Å²) in [5.41, 5.74) is 0.999. The van der Waals surface area contributed by atoms with Crippen LogP contribution in [0, 0.1) is 6.92 Å². The highest BCUT2D eigenvalue weighted by atomic mass is 16.5. The molecule has 0 radical (unpaired) electrons. The van der Waals surface area contributed by atoms with E-state index in [9.17, 15) is 9.59 Å². The third-order valence-corrected chi connectivity index (χ3v) is 3.81. The van der Waals surface area contributed by atoms with Crippen LogP contribution >= 0.6 is 0 Å². The molecule has 1 aromatic rings. The molecule has 0 aliphatic heterocycles. The van der Waals surface area contributed by atoms with Gasteiger partial charge >= 0.3 is 11.9 Å². The minimum absolute atomic E-state index is 0.394. The van der Waals surface area contributed by atoms with Gasteiger partial charge in [0.2, 0.25) is 0 Å². The number of ether oxygens (including phenoxy) is 2. The predicted molar refractivity (Wildman–Crippen MR) is 99.5 cm³/mol. The highest BCUT2D eigenvalue weighted by molar-refractivity contribution is 5.92. The van der Waals surface area contributed by atoms with Crippen molar-refractivity contribution in [1.82, 2.24) is 0 Å². The van der Waals surface area contributed by atoms with Crippen molar-refractivity contribution in [2.45, 2.75) is 65.2 Å². The Kier molecular flexibility index (Phi) is 11.1. The smallest absolute Gasteiger partial charge is 0.336 e. The molecule has 1 rings (SSSR count). The fourth-order valence-electron chi connectivity index (χ4n) is 2.42. The second kappa shape index (κ2) is 13.2. The highest BCUT2D eigenvalue weighted by Crippen LogP contribution is 2.12. The minimum Gasteiger partial charge on any atom is -0.463 e. The van der Waals surface area contributed by atoms with Crippen molar-refractivity contribution < 1.29 is 19.1 Å². The first-order valence-electron chi connectivity index (χ1n) is 9.25. The van der Waals surface area contributed by atoms with E-state index in [-0.39, 0.29) is 0 Å². The van der Waals surface area contributed by atoms with E-state index >= 15 is 0 Å². The molecule has 0 saturated carbocycles. The first-order valence-corrected chi connectivity index (χ1v) is 9.25. The van der Waals surface area contributed by atoms with Crippen LogP contribution in [-0.2, 0) is 14.3 Å². The summed E-state index contributed by atoms with van der Waals surface area (Å²) >= 11 is 0. The predicted octanol–water partition coefficient (Wildman–Crippen LogP) is 5.14. The zero-order valence-electron chi connectivity index (χ0n) is 15.5. The minimum atomic E-state index is -0.588. The van der Waals surface area contributed by atoms with Gasteiger partial charge in [0, 0.05) is 12.2 Å². The Morgan fingerprint density at radius 2 is 1.56 bits per heavy atom. The Labute approximate surface area is 151 Å². The van der Waals surface area contributed by atoms with Crippen LogP contribution in [0.4, 0.5) is 0 Å². The molecule has 0 heterocycles. The summed E-state index contributed by atoms with van der Waals surface area (Å²) < 4.78 is 10.2. The van der Waals surface area contributed by atoms with Gasteiger partial charge in [0.15, 0.2) is 0 Å². The van der Waals surface area contributed by atoms with Crippen molar-refractivity contribution in [2.24, 2.45) is 0 Å². The van der Waals surface area contributed by atoms with Gasteiger partial charge in [0.25, 0.3) is 0 Å². The van der Waals surface area contributed by atoms with E-state index < -0.39 is 11.9 Å². The fourth-order valence-corrected chi connectivity index (χ4v) is 2.42. The first kappa shape index (κ1) is 20.9. The molecule has 25 heavy (non-hydrogen) atoms. The summed E-state index contributed by atoms with van der Waals surface area (Å²) in [5.74, 6) is -0.638. The van der Waals surface area contributed by atoms with E-state index in [0.717, 1.165) is 30.6 Å². The van der Waals surface area contributed by atoms with E-state index in [0.29, 0.717) is 12.4 Å². The van der Waals surface area contributed by atoms with E-state index in [4.69, 9.17) is 9.47 Å². The van der Waals surface area contributed by atoms with Gasteiger partial charge in [-0.15, -0.1) is 0 Å². The lowest BCUT2D eigenvalue weighted by molar-refractivity contribution is -0.138. The van der Waals surface area contributed by atoms with Crippen LogP contribution in [0.15, 0.2) is 36.4 Å². The van der Waals surface area contributed by atoms with Gasteiger partial charge < -0.3 is 9.47 Å². The molecule has 0 N–H and O–H groups in total. The van der Waals surface area contributed by atoms with Crippen LogP contribution in [0.1, 0.15) is 63.9 Å². The molecule has 0 aliphatic rings. The van der Waals surface area contributed by atoms with E-state index in [2.05, 4.69) is 6.92 Å². The van der Waals surface area contributed by atoms with E-state index in [1.165, 1.54) is 38.5 Å². The number of rotatable bonds is 12. The molecule has 0 aromatic heterocycles. The van der Waals surface area contributed by atoms with Gasteiger partial charge in [-0.25, -0.2) is 9.59 Å². The fraction of sp³-hybridized carbons (Fsp3) is 0.524. The maximum absolute atomic E-state index is 11.6. The third kappa shape index (κ3) is 11.1. The molecule has 1 aromatic carbocycles. The first-order chi connectivity index (χ1) is 12.1. The number of unbranched alkanes of at least 4 members (excludes halogenated alkanes) is 7. The number of carbonyl (C=O) groups excluding carboxylic acids is 2. The molecule has 0 amide bonds.